The van der Waals surface area contributed by atoms with Crippen LogP contribution in [-0.4, -0.2) is 42.4 Å². The van der Waals surface area contributed by atoms with Crippen LogP contribution in [0.3, 0.4) is 0 Å². The van der Waals surface area contributed by atoms with Crippen LogP contribution in [0.2, 0.25) is 0 Å². The Bertz CT molecular complexity index is 1390. The van der Waals surface area contributed by atoms with Gasteiger partial charge in [0, 0.05) is 30.1 Å². The molecule has 2 amide bonds. The lowest BCUT2D eigenvalue weighted by Crippen LogP contribution is -2.32. The molecule has 5 rings (SSSR count). The number of carbonyl (C=O) groups excluding carboxylic acids is 2. The van der Waals surface area contributed by atoms with Crippen molar-refractivity contribution in [1.29, 1.82) is 0 Å². The zero-order chi connectivity index (χ0) is 23.8. The number of nitrogens with zero attached hydrogens (tertiary/aromatic N) is 4. The van der Waals surface area contributed by atoms with Gasteiger partial charge in [0.05, 0.1) is 17.1 Å². The zero-order valence-electron chi connectivity index (χ0n) is 19.2. The van der Waals surface area contributed by atoms with Crippen LogP contribution in [0.5, 0.6) is 5.75 Å². The topological polar surface area (TPSA) is 88.3 Å². The van der Waals surface area contributed by atoms with Crippen molar-refractivity contribution in [3.8, 4) is 17.0 Å². The number of aromatic nitrogens is 1. The first-order valence-corrected chi connectivity index (χ1v) is 12.0. The average Bonchev–Trinajstić information content (AvgIpc) is 3.36. The molecule has 9 heteroatoms. The summed E-state index contributed by atoms with van der Waals surface area (Å²) in [5, 5.41) is 9.62. The van der Waals surface area contributed by atoms with E-state index in [2.05, 4.69) is 24.2 Å². The Balaban J connectivity index is 1.60. The van der Waals surface area contributed by atoms with Gasteiger partial charge in [0.1, 0.15) is 5.75 Å². The molecule has 2 aliphatic rings. The van der Waals surface area contributed by atoms with E-state index in [4.69, 9.17) is 9.84 Å². The largest absolute Gasteiger partial charge is 0.482 e. The Labute approximate surface area is 201 Å². The fourth-order valence-electron chi connectivity index (χ4n) is 4.06. The lowest BCUT2D eigenvalue weighted by molar-refractivity contribution is -0.118. The maximum atomic E-state index is 13.5. The van der Waals surface area contributed by atoms with Gasteiger partial charge < -0.3 is 15.0 Å². The summed E-state index contributed by atoms with van der Waals surface area (Å²) in [6.07, 6.45) is 0.905. The highest BCUT2D eigenvalue weighted by atomic mass is 32.1. The van der Waals surface area contributed by atoms with Crippen molar-refractivity contribution in [2.24, 2.45) is 16.0 Å². The van der Waals surface area contributed by atoms with Crippen LogP contribution in [0.1, 0.15) is 25.8 Å². The van der Waals surface area contributed by atoms with E-state index in [9.17, 15) is 9.59 Å². The highest BCUT2D eigenvalue weighted by molar-refractivity contribution is 7.07. The van der Waals surface area contributed by atoms with Crippen molar-refractivity contribution in [3.63, 3.8) is 0 Å². The van der Waals surface area contributed by atoms with Crippen LogP contribution in [0.15, 0.2) is 57.9 Å². The molecule has 2 aromatic carbocycles. The number of carbonyl (C=O) groups is 2. The summed E-state index contributed by atoms with van der Waals surface area (Å²) >= 11 is 1.44. The van der Waals surface area contributed by atoms with Crippen LogP contribution >= 0.6 is 11.3 Å². The highest BCUT2D eigenvalue weighted by Gasteiger charge is 2.34. The molecule has 34 heavy (non-hydrogen) atoms. The molecule has 8 nitrogen and oxygen atoms in total. The van der Waals surface area contributed by atoms with Crippen molar-refractivity contribution in [2.45, 2.75) is 20.3 Å². The summed E-state index contributed by atoms with van der Waals surface area (Å²) in [6.45, 7) is 4.95. The lowest BCUT2D eigenvalue weighted by atomic mass is 10.1. The van der Waals surface area contributed by atoms with Crippen LogP contribution in [0, 0.1) is 5.92 Å². The number of benzene rings is 2. The molecule has 0 bridgehead atoms. The Morgan fingerprint density at radius 3 is 2.79 bits per heavy atom. The van der Waals surface area contributed by atoms with E-state index < -0.39 is 0 Å². The molecule has 174 valence electrons. The number of amides is 2. The first kappa shape index (κ1) is 22.1. The average molecular weight is 476 g/mol. The number of para-hydroxylation sites is 1. The first-order valence-electron chi connectivity index (χ1n) is 11.2. The molecular weight excluding hydrogens is 450 g/mol. The minimum atomic E-state index is -0.193. The van der Waals surface area contributed by atoms with Crippen LogP contribution in [-0.2, 0) is 9.59 Å². The molecular formula is C25H25N5O3S. The predicted octanol–water partition coefficient (Wildman–Crippen LogP) is 3.72. The van der Waals surface area contributed by atoms with E-state index >= 15 is 0 Å². The number of thiazole rings is 1. The maximum Gasteiger partial charge on any atom is 0.279 e. The van der Waals surface area contributed by atoms with Crippen LogP contribution < -0.4 is 19.8 Å². The van der Waals surface area contributed by atoms with E-state index in [-0.39, 0.29) is 18.4 Å². The summed E-state index contributed by atoms with van der Waals surface area (Å²) in [5.74, 6) is 0.803. The maximum absolute atomic E-state index is 13.5. The number of fused-ring (bicyclic) bond motifs is 2. The van der Waals surface area contributed by atoms with E-state index in [1.54, 1.807) is 11.7 Å². The number of hydrogen-bond acceptors (Lipinski definition) is 6. The number of nitrogens with one attached hydrogen (secondary N) is 1. The zero-order valence-corrected chi connectivity index (χ0v) is 20.1. The van der Waals surface area contributed by atoms with Crippen molar-refractivity contribution in [1.82, 2.24) is 4.68 Å². The second kappa shape index (κ2) is 8.90. The molecule has 0 saturated heterocycles. The van der Waals surface area contributed by atoms with Crippen LogP contribution in [0.25, 0.3) is 11.3 Å². The van der Waals surface area contributed by atoms with Gasteiger partial charge in [-0.2, -0.15) is 5.10 Å². The van der Waals surface area contributed by atoms with Gasteiger partial charge in [-0.15, -0.1) is 11.3 Å². The van der Waals surface area contributed by atoms with Gasteiger partial charge in [0.2, 0.25) is 4.80 Å². The molecule has 2 aliphatic heterocycles. The second-order valence-electron chi connectivity index (χ2n) is 8.59. The molecule has 0 saturated carbocycles. The van der Waals surface area contributed by atoms with Gasteiger partial charge >= 0.3 is 0 Å². The fourth-order valence-corrected chi connectivity index (χ4v) is 4.85. The summed E-state index contributed by atoms with van der Waals surface area (Å²) in [5.41, 5.74) is 4.30. The van der Waals surface area contributed by atoms with Gasteiger partial charge in [-0.1, -0.05) is 32.0 Å². The Kier molecular flexibility index (Phi) is 5.79. The van der Waals surface area contributed by atoms with Crippen LogP contribution in [0.4, 0.5) is 11.4 Å². The van der Waals surface area contributed by atoms with E-state index in [1.165, 1.54) is 11.3 Å². The van der Waals surface area contributed by atoms with Gasteiger partial charge in [0.15, 0.2) is 12.3 Å². The third-order valence-electron chi connectivity index (χ3n) is 5.81. The molecule has 0 fully saturated rings. The molecule has 0 spiro atoms. The molecule has 1 N–H and O–H groups in total. The first-order chi connectivity index (χ1) is 16.5. The predicted molar refractivity (Wildman–Crippen MR) is 134 cm³/mol. The van der Waals surface area contributed by atoms with Gasteiger partial charge in [-0.25, -0.2) is 4.68 Å². The molecule has 1 aromatic heterocycles. The van der Waals surface area contributed by atoms with Crippen molar-refractivity contribution >= 4 is 40.2 Å². The minimum absolute atomic E-state index is 0.00609. The lowest BCUT2D eigenvalue weighted by Gasteiger charge is -2.18. The van der Waals surface area contributed by atoms with Gasteiger partial charge in [0.25, 0.3) is 11.8 Å². The molecule has 3 aromatic rings. The monoisotopic (exact) mass is 475 g/mol. The molecule has 0 radical (unpaired) electrons. The number of rotatable bonds is 5. The van der Waals surface area contributed by atoms with Crippen molar-refractivity contribution in [3.05, 3.63) is 58.2 Å². The molecule has 0 unspecified atom stereocenters. The van der Waals surface area contributed by atoms with Gasteiger partial charge in [-0.3, -0.25) is 14.6 Å². The Hall–Kier alpha value is -3.72. The third-order valence-corrected chi connectivity index (χ3v) is 6.72. The fraction of sp³-hybridized carbons (Fsp3) is 0.280. The quantitative estimate of drug-likeness (QED) is 0.610. The Morgan fingerprint density at radius 1 is 1.18 bits per heavy atom. The molecule has 0 atom stereocenters. The minimum Gasteiger partial charge on any atom is -0.482 e. The number of ether oxygens (including phenoxy) is 1. The summed E-state index contributed by atoms with van der Waals surface area (Å²) in [6, 6.07) is 13.3. The third kappa shape index (κ3) is 3.92. The van der Waals surface area contributed by atoms with Crippen molar-refractivity contribution in [2.75, 3.05) is 30.4 Å². The van der Waals surface area contributed by atoms with E-state index in [1.807, 2.05) is 52.7 Å². The standard InChI is InChI=1S/C25H25N5O3S/c1-15(2)10-11-29-19-7-5-4-6-17(19)23(24(29)32)28-30-20(14-34-25(30)26-3)16-8-9-21-18(12-16)27-22(31)13-33-21/h4-9,12,14-15H,10-11,13H2,1-3H3,(H,27,31). The highest BCUT2D eigenvalue weighted by Crippen LogP contribution is 2.34. The number of anilines is 2. The number of hydrogen-bond donors (Lipinski definition) is 1. The molecule has 3 heterocycles. The normalized spacial score (nSPS) is 16.6. The summed E-state index contributed by atoms with van der Waals surface area (Å²) in [7, 11) is 1.70. The van der Waals surface area contributed by atoms with E-state index in [0.717, 1.165) is 28.9 Å². The smallest absolute Gasteiger partial charge is 0.279 e. The van der Waals surface area contributed by atoms with Gasteiger partial charge in [-0.05, 0) is 36.6 Å². The second-order valence-corrected chi connectivity index (χ2v) is 9.43. The summed E-state index contributed by atoms with van der Waals surface area (Å²) < 4.78 is 7.19. The SMILES string of the molecule is CN=c1scc(-c2ccc3c(c2)NC(=O)CO3)n1N=C1C(=O)N(CCC(C)C)c2ccccc21. The molecule has 0 aliphatic carbocycles. The Morgan fingerprint density at radius 2 is 2.00 bits per heavy atom. The summed E-state index contributed by atoms with van der Waals surface area (Å²) in [4.78, 5) is 32.1. The van der Waals surface area contributed by atoms with E-state index in [0.29, 0.717) is 34.4 Å². The van der Waals surface area contributed by atoms with Crippen molar-refractivity contribution < 1.29 is 14.3 Å².